The molecule has 0 bridgehead atoms. The number of alkyl halides is 2. The molecule has 0 radical (unpaired) electrons. The van der Waals surface area contributed by atoms with Crippen molar-refractivity contribution in [3.05, 3.63) is 33.2 Å². The van der Waals surface area contributed by atoms with Crippen LogP contribution in [0.1, 0.15) is 23.2 Å². The lowest BCUT2D eigenvalue weighted by Gasteiger charge is -2.07. The van der Waals surface area contributed by atoms with Gasteiger partial charge in [0.05, 0.1) is 17.2 Å². The van der Waals surface area contributed by atoms with E-state index in [9.17, 15) is 13.6 Å². The third-order valence-corrected chi connectivity index (χ3v) is 1.71. The molecule has 0 aromatic carbocycles. The molecule has 3 N–H and O–H groups in total. The molecule has 1 aromatic heterocycles. The fourth-order valence-corrected chi connectivity index (χ4v) is 1.13. The van der Waals surface area contributed by atoms with E-state index in [-0.39, 0.29) is 17.8 Å². The maximum absolute atomic E-state index is 12.5. The maximum Gasteiger partial charge on any atom is 0.266 e. The molecule has 0 saturated heterocycles. The highest BCUT2D eigenvalue weighted by molar-refractivity contribution is 5.40. The predicted octanol–water partition coefficient (Wildman–Crippen LogP) is 0.643. The number of halogens is 2. The Morgan fingerprint density at radius 1 is 1.64 bits per heavy atom. The molecule has 0 amide bonds. The average molecular weight is 199 g/mol. The summed E-state index contributed by atoms with van der Waals surface area (Å²) in [5.41, 5.74) is 3.65. The Labute approximate surface area is 78.0 Å². The maximum atomic E-state index is 12.5. The monoisotopic (exact) mass is 199 g/mol. The smallest absolute Gasteiger partial charge is 0.266 e. The van der Waals surface area contributed by atoms with Gasteiger partial charge in [0.2, 0.25) is 5.56 Å². The number of nitrogens with one attached hydrogen (secondary N) is 1. The number of H-pyrrole nitrogens is 1. The largest absolute Gasteiger partial charge is 0.325 e. The van der Waals surface area contributed by atoms with Gasteiger partial charge >= 0.3 is 0 Å². The van der Waals surface area contributed by atoms with Crippen molar-refractivity contribution in [1.29, 1.82) is 5.26 Å². The SMILES string of the molecule is N#Cc1cc(=O)[nH]c(CN)c1C(F)F. The summed E-state index contributed by atoms with van der Waals surface area (Å²) in [6.45, 7) is -0.232. The van der Waals surface area contributed by atoms with Crippen LogP contribution in [0, 0.1) is 11.3 Å². The molecule has 0 saturated carbocycles. The molecule has 1 rings (SSSR count). The molecular formula is C8H7F2N3O. The van der Waals surface area contributed by atoms with Crippen molar-refractivity contribution in [2.75, 3.05) is 0 Å². The van der Waals surface area contributed by atoms with Crippen molar-refractivity contribution >= 4 is 0 Å². The van der Waals surface area contributed by atoms with Gasteiger partial charge in [-0.25, -0.2) is 8.78 Å². The average Bonchev–Trinajstić information content (AvgIpc) is 2.15. The molecule has 0 fully saturated rings. The van der Waals surface area contributed by atoms with Crippen molar-refractivity contribution in [2.45, 2.75) is 13.0 Å². The second kappa shape index (κ2) is 3.98. The van der Waals surface area contributed by atoms with Crippen molar-refractivity contribution in [3.63, 3.8) is 0 Å². The summed E-state index contributed by atoms with van der Waals surface area (Å²) in [7, 11) is 0. The third kappa shape index (κ3) is 1.78. The van der Waals surface area contributed by atoms with Gasteiger partial charge in [0.1, 0.15) is 0 Å². The van der Waals surface area contributed by atoms with Crippen LogP contribution in [0.4, 0.5) is 8.78 Å². The van der Waals surface area contributed by atoms with E-state index in [4.69, 9.17) is 11.0 Å². The number of aromatic amines is 1. The lowest BCUT2D eigenvalue weighted by atomic mass is 10.1. The lowest BCUT2D eigenvalue weighted by molar-refractivity contribution is 0.149. The van der Waals surface area contributed by atoms with Crippen LogP contribution in [0.25, 0.3) is 0 Å². The number of aromatic nitrogens is 1. The molecule has 0 unspecified atom stereocenters. The molecule has 6 heteroatoms. The summed E-state index contributed by atoms with van der Waals surface area (Å²) < 4.78 is 24.9. The summed E-state index contributed by atoms with van der Waals surface area (Å²) in [4.78, 5) is 13.1. The molecule has 0 atom stereocenters. The van der Waals surface area contributed by atoms with Gasteiger partial charge in [-0.15, -0.1) is 0 Å². The number of nitrogens with two attached hydrogens (primary N) is 1. The molecule has 14 heavy (non-hydrogen) atoms. The van der Waals surface area contributed by atoms with Crippen LogP contribution < -0.4 is 11.3 Å². The standard InChI is InChI=1S/C8H7F2N3O/c9-8(10)7-4(2-11)1-6(14)13-5(7)3-12/h1,8H,3,12H2,(H,13,14). The van der Waals surface area contributed by atoms with Gasteiger partial charge in [0, 0.05) is 18.3 Å². The van der Waals surface area contributed by atoms with Gasteiger partial charge in [0.15, 0.2) is 0 Å². The highest BCUT2D eigenvalue weighted by Gasteiger charge is 2.18. The van der Waals surface area contributed by atoms with Gasteiger partial charge in [-0.1, -0.05) is 0 Å². The summed E-state index contributed by atoms with van der Waals surface area (Å²) >= 11 is 0. The van der Waals surface area contributed by atoms with Crippen LogP contribution in [-0.4, -0.2) is 4.98 Å². The molecule has 74 valence electrons. The Morgan fingerprint density at radius 3 is 2.71 bits per heavy atom. The number of nitriles is 1. The first-order chi connectivity index (χ1) is 6.60. The van der Waals surface area contributed by atoms with E-state index in [0.717, 1.165) is 6.07 Å². The Kier molecular flexibility index (Phi) is 2.94. The molecule has 0 aliphatic heterocycles. The second-order valence-electron chi connectivity index (χ2n) is 2.56. The normalized spacial score (nSPS) is 10.2. The molecule has 0 spiro atoms. The van der Waals surface area contributed by atoms with E-state index in [1.54, 1.807) is 0 Å². The zero-order valence-electron chi connectivity index (χ0n) is 7.05. The number of hydrogen-bond acceptors (Lipinski definition) is 3. The highest BCUT2D eigenvalue weighted by atomic mass is 19.3. The van der Waals surface area contributed by atoms with E-state index < -0.39 is 17.5 Å². The van der Waals surface area contributed by atoms with Crippen LogP contribution in [0.2, 0.25) is 0 Å². The summed E-state index contributed by atoms with van der Waals surface area (Å²) in [5.74, 6) is 0. The molecule has 1 heterocycles. The minimum Gasteiger partial charge on any atom is -0.325 e. The fourth-order valence-electron chi connectivity index (χ4n) is 1.13. The Morgan fingerprint density at radius 2 is 2.29 bits per heavy atom. The first-order valence-electron chi connectivity index (χ1n) is 3.74. The van der Waals surface area contributed by atoms with Gasteiger partial charge in [-0.3, -0.25) is 4.79 Å². The second-order valence-corrected chi connectivity index (χ2v) is 2.56. The molecular weight excluding hydrogens is 192 g/mol. The van der Waals surface area contributed by atoms with Crippen molar-refractivity contribution in [3.8, 4) is 6.07 Å². The van der Waals surface area contributed by atoms with Crippen molar-refractivity contribution < 1.29 is 8.78 Å². The molecule has 0 aliphatic carbocycles. The zero-order chi connectivity index (χ0) is 10.7. The van der Waals surface area contributed by atoms with Gasteiger partial charge < -0.3 is 10.7 Å². The van der Waals surface area contributed by atoms with E-state index in [0.29, 0.717) is 0 Å². The van der Waals surface area contributed by atoms with Crippen LogP contribution in [0.5, 0.6) is 0 Å². The zero-order valence-corrected chi connectivity index (χ0v) is 7.05. The topological polar surface area (TPSA) is 82.7 Å². The van der Waals surface area contributed by atoms with E-state index >= 15 is 0 Å². The summed E-state index contributed by atoms with van der Waals surface area (Å²) in [5, 5.41) is 8.53. The minimum absolute atomic E-state index is 0.0935. The Balaban J connectivity index is 3.51. The van der Waals surface area contributed by atoms with E-state index in [1.165, 1.54) is 6.07 Å². The van der Waals surface area contributed by atoms with Crippen LogP contribution in [0.3, 0.4) is 0 Å². The van der Waals surface area contributed by atoms with E-state index in [1.807, 2.05) is 0 Å². The third-order valence-electron chi connectivity index (χ3n) is 1.71. The van der Waals surface area contributed by atoms with Gasteiger partial charge in [-0.2, -0.15) is 5.26 Å². The number of hydrogen-bond donors (Lipinski definition) is 2. The first-order valence-corrected chi connectivity index (χ1v) is 3.74. The molecule has 4 nitrogen and oxygen atoms in total. The number of pyridine rings is 1. The summed E-state index contributed by atoms with van der Waals surface area (Å²) in [6.07, 6.45) is -2.82. The predicted molar refractivity (Wildman–Crippen MR) is 44.6 cm³/mol. The highest BCUT2D eigenvalue weighted by Crippen LogP contribution is 2.23. The van der Waals surface area contributed by atoms with Crippen LogP contribution in [0.15, 0.2) is 10.9 Å². The summed E-state index contributed by atoms with van der Waals surface area (Å²) in [6, 6.07) is 2.37. The Bertz CT molecular complexity index is 433. The number of nitrogens with zero attached hydrogens (tertiary/aromatic N) is 1. The van der Waals surface area contributed by atoms with Crippen LogP contribution in [-0.2, 0) is 6.54 Å². The van der Waals surface area contributed by atoms with Gasteiger partial charge in [-0.05, 0) is 0 Å². The van der Waals surface area contributed by atoms with Crippen molar-refractivity contribution in [1.82, 2.24) is 4.98 Å². The Hall–Kier alpha value is -1.74. The first kappa shape index (κ1) is 10.3. The molecule has 0 aliphatic rings. The minimum atomic E-state index is -2.82. The lowest BCUT2D eigenvalue weighted by Crippen LogP contribution is -2.16. The van der Waals surface area contributed by atoms with E-state index in [2.05, 4.69) is 4.98 Å². The fraction of sp³-hybridized carbons (Fsp3) is 0.250. The quantitative estimate of drug-likeness (QED) is 0.733. The number of rotatable bonds is 2. The van der Waals surface area contributed by atoms with Crippen LogP contribution >= 0.6 is 0 Å². The van der Waals surface area contributed by atoms with Gasteiger partial charge in [0.25, 0.3) is 6.43 Å². The van der Waals surface area contributed by atoms with Crippen molar-refractivity contribution in [2.24, 2.45) is 5.73 Å². The molecule has 1 aromatic rings.